The van der Waals surface area contributed by atoms with Crippen molar-refractivity contribution < 1.29 is 0 Å². The summed E-state index contributed by atoms with van der Waals surface area (Å²) in [5.41, 5.74) is 6.85. The Kier molecular flexibility index (Phi) is 3.98. The zero-order valence-corrected chi connectivity index (χ0v) is 10.8. The predicted molar refractivity (Wildman–Crippen MR) is 70.7 cm³/mol. The molecule has 0 bridgehead atoms. The Morgan fingerprint density at radius 1 is 1.31 bits per heavy atom. The number of hydrogen-bond acceptors (Lipinski definition) is 4. The molecule has 2 nitrogen and oxygen atoms in total. The molecule has 0 atom stereocenters. The first-order chi connectivity index (χ1) is 7.78. The van der Waals surface area contributed by atoms with E-state index in [2.05, 4.69) is 36.2 Å². The zero-order valence-electron chi connectivity index (χ0n) is 9.14. The van der Waals surface area contributed by atoms with E-state index in [0.717, 1.165) is 15.6 Å². The quantitative estimate of drug-likeness (QED) is 0.847. The summed E-state index contributed by atoms with van der Waals surface area (Å²) < 4.78 is 0. The number of thiazole rings is 1. The molecule has 0 aliphatic heterocycles. The first-order valence-electron chi connectivity index (χ1n) is 5.11. The Morgan fingerprint density at radius 2 is 2.06 bits per heavy atom. The highest BCUT2D eigenvalue weighted by atomic mass is 32.2. The molecule has 0 saturated carbocycles. The van der Waals surface area contributed by atoms with Crippen LogP contribution in [0.25, 0.3) is 0 Å². The predicted octanol–water partition coefficient (Wildman–Crippen LogP) is 3.20. The third-order valence-electron chi connectivity index (χ3n) is 2.19. The number of aryl methyl sites for hydroxylation is 1. The maximum absolute atomic E-state index is 5.55. The lowest BCUT2D eigenvalue weighted by molar-refractivity contribution is 1.09. The van der Waals surface area contributed by atoms with Gasteiger partial charge in [-0.15, -0.1) is 23.1 Å². The molecular formula is C12H14N2S2. The van der Waals surface area contributed by atoms with Gasteiger partial charge in [0.2, 0.25) is 0 Å². The summed E-state index contributed by atoms with van der Waals surface area (Å²) in [6.07, 6.45) is 1.87. The molecule has 0 radical (unpaired) electrons. The SMILES string of the molecule is Cc1ccc(SCc2ncc(CN)s2)cc1. The summed E-state index contributed by atoms with van der Waals surface area (Å²) in [5, 5.41) is 1.14. The van der Waals surface area contributed by atoms with Crippen LogP contribution >= 0.6 is 23.1 Å². The van der Waals surface area contributed by atoms with Gasteiger partial charge in [-0.2, -0.15) is 0 Å². The molecular weight excluding hydrogens is 236 g/mol. The van der Waals surface area contributed by atoms with Crippen LogP contribution in [-0.2, 0) is 12.3 Å². The molecule has 0 aliphatic rings. The van der Waals surface area contributed by atoms with Gasteiger partial charge in [-0.05, 0) is 19.1 Å². The minimum Gasteiger partial charge on any atom is -0.326 e. The smallest absolute Gasteiger partial charge is 0.103 e. The van der Waals surface area contributed by atoms with Gasteiger partial charge in [-0.25, -0.2) is 4.98 Å². The molecule has 0 saturated heterocycles. The molecule has 1 heterocycles. The van der Waals surface area contributed by atoms with Crippen molar-refractivity contribution in [3.8, 4) is 0 Å². The third-order valence-corrected chi connectivity index (χ3v) is 4.41. The van der Waals surface area contributed by atoms with E-state index < -0.39 is 0 Å². The van der Waals surface area contributed by atoms with E-state index in [1.807, 2.05) is 18.0 Å². The molecule has 0 spiro atoms. The molecule has 4 heteroatoms. The molecule has 2 N–H and O–H groups in total. The van der Waals surface area contributed by atoms with Gasteiger partial charge in [0.05, 0.1) is 5.75 Å². The van der Waals surface area contributed by atoms with E-state index in [-0.39, 0.29) is 0 Å². The van der Waals surface area contributed by atoms with Crippen LogP contribution in [0, 0.1) is 6.92 Å². The van der Waals surface area contributed by atoms with Crippen molar-refractivity contribution in [3.05, 3.63) is 45.9 Å². The van der Waals surface area contributed by atoms with E-state index in [4.69, 9.17) is 5.73 Å². The largest absolute Gasteiger partial charge is 0.326 e. The second kappa shape index (κ2) is 5.48. The molecule has 84 valence electrons. The van der Waals surface area contributed by atoms with Gasteiger partial charge in [-0.3, -0.25) is 0 Å². The Labute approximate surface area is 104 Å². The number of rotatable bonds is 4. The monoisotopic (exact) mass is 250 g/mol. The van der Waals surface area contributed by atoms with Crippen LogP contribution in [0.3, 0.4) is 0 Å². The Balaban J connectivity index is 1.94. The van der Waals surface area contributed by atoms with Crippen molar-refractivity contribution in [3.63, 3.8) is 0 Å². The van der Waals surface area contributed by atoms with Gasteiger partial charge in [0.1, 0.15) is 5.01 Å². The normalized spacial score (nSPS) is 10.6. The van der Waals surface area contributed by atoms with Crippen molar-refractivity contribution in [2.24, 2.45) is 5.73 Å². The summed E-state index contributed by atoms with van der Waals surface area (Å²) in [7, 11) is 0. The highest BCUT2D eigenvalue weighted by molar-refractivity contribution is 7.98. The van der Waals surface area contributed by atoms with Crippen molar-refractivity contribution in [2.45, 2.75) is 24.1 Å². The third kappa shape index (κ3) is 3.07. The van der Waals surface area contributed by atoms with Gasteiger partial charge in [0.25, 0.3) is 0 Å². The molecule has 2 aromatic rings. The summed E-state index contributed by atoms with van der Waals surface area (Å²) >= 11 is 3.51. The Hall–Kier alpha value is -0.840. The van der Waals surface area contributed by atoms with Crippen LogP contribution in [0.5, 0.6) is 0 Å². The van der Waals surface area contributed by atoms with Crippen molar-refractivity contribution in [1.82, 2.24) is 4.98 Å². The van der Waals surface area contributed by atoms with Crippen LogP contribution in [0.4, 0.5) is 0 Å². The number of aromatic nitrogens is 1. The van der Waals surface area contributed by atoms with Crippen LogP contribution in [-0.4, -0.2) is 4.98 Å². The molecule has 0 unspecified atom stereocenters. The number of nitrogens with zero attached hydrogens (tertiary/aromatic N) is 1. The van der Waals surface area contributed by atoms with Crippen LogP contribution in [0.1, 0.15) is 15.4 Å². The molecule has 0 fully saturated rings. The lowest BCUT2D eigenvalue weighted by Crippen LogP contribution is -1.91. The lowest BCUT2D eigenvalue weighted by Gasteiger charge is -1.99. The Morgan fingerprint density at radius 3 is 2.69 bits per heavy atom. The number of thioether (sulfide) groups is 1. The second-order valence-corrected chi connectivity index (χ2v) is 5.77. The number of nitrogens with two attached hydrogens (primary N) is 1. The number of hydrogen-bond donors (Lipinski definition) is 1. The highest BCUT2D eigenvalue weighted by Crippen LogP contribution is 2.25. The molecule has 1 aromatic carbocycles. The highest BCUT2D eigenvalue weighted by Gasteiger charge is 2.01. The summed E-state index contributed by atoms with van der Waals surface area (Å²) in [6.45, 7) is 2.69. The fourth-order valence-corrected chi connectivity index (χ4v) is 2.99. The van der Waals surface area contributed by atoms with Crippen LogP contribution in [0.15, 0.2) is 35.4 Å². The van der Waals surface area contributed by atoms with E-state index in [1.54, 1.807) is 11.3 Å². The van der Waals surface area contributed by atoms with Gasteiger partial charge in [0.15, 0.2) is 0 Å². The van der Waals surface area contributed by atoms with Crippen LogP contribution < -0.4 is 5.73 Å². The van der Waals surface area contributed by atoms with E-state index >= 15 is 0 Å². The lowest BCUT2D eigenvalue weighted by atomic mass is 10.2. The second-order valence-electron chi connectivity index (χ2n) is 3.53. The first-order valence-corrected chi connectivity index (χ1v) is 6.91. The molecule has 0 aliphatic carbocycles. The fourth-order valence-electron chi connectivity index (χ4n) is 1.29. The van der Waals surface area contributed by atoms with E-state index in [9.17, 15) is 0 Å². The average Bonchev–Trinajstić information content (AvgIpc) is 2.76. The fraction of sp³-hybridized carbons (Fsp3) is 0.250. The van der Waals surface area contributed by atoms with Gasteiger partial charge >= 0.3 is 0 Å². The minimum absolute atomic E-state index is 0.590. The first kappa shape index (κ1) is 11.6. The van der Waals surface area contributed by atoms with Crippen molar-refractivity contribution in [1.29, 1.82) is 0 Å². The van der Waals surface area contributed by atoms with Crippen LogP contribution in [0.2, 0.25) is 0 Å². The summed E-state index contributed by atoms with van der Waals surface area (Å²) in [5.74, 6) is 0.924. The van der Waals surface area contributed by atoms with E-state index in [0.29, 0.717) is 6.54 Å². The molecule has 0 amide bonds. The maximum atomic E-state index is 5.55. The standard InChI is InChI=1S/C12H14N2S2/c1-9-2-4-10(5-3-9)15-8-12-14-7-11(6-13)16-12/h2-5,7H,6,8,13H2,1H3. The van der Waals surface area contributed by atoms with Crippen molar-refractivity contribution >= 4 is 23.1 Å². The van der Waals surface area contributed by atoms with Gasteiger partial charge < -0.3 is 5.73 Å². The zero-order chi connectivity index (χ0) is 11.4. The summed E-state index contributed by atoms with van der Waals surface area (Å²) in [6, 6.07) is 8.57. The van der Waals surface area contributed by atoms with Gasteiger partial charge in [-0.1, -0.05) is 17.7 Å². The summed E-state index contributed by atoms with van der Waals surface area (Å²) in [4.78, 5) is 6.78. The topological polar surface area (TPSA) is 38.9 Å². The average molecular weight is 250 g/mol. The Bertz CT molecular complexity index is 448. The maximum Gasteiger partial charge on any atom is 0.103 e. The molecule has 1 aromatic heterocycles. The molecule has 2 rings (SSSR count). The van der Waals surface area contributed by atoms with Crippen molar-refractivity contribution in [2.75, 3.05) is 0 Å². The minimum atomic E-state index is 0.590. The molecule has 16 heavy (non-hydrogen) atoms. The van der Waals surface area contributed by atoms with Gasteiger partial charge in [0, 0.05) is 22.5 Å². The van der Waals surface area contributed by atoms with E-state index in [1.165, 1.54) is 10.5 Å². The number of benzene rings is 1.